The van der Waals surface area contributed by atoms with Gasteiger partial charge in [-0.25, -0.2) is 0 Å². The summed E-state index contributed by atoms with van der Waals surface area (Å²) in [5.74, 6) is 1.09. The summed E-state index contributed by atoms with van der Waals surface area (Å²) in [7, 11) is 0. The van der Waals surface area contributed by atoms with Crippen LogP contribution < -0.4 is 10.1 Å². The Hall–Kier alpha value is -1.06. The molecule has 3 nitrogen and oxygen atoms in total. The predicted octanol–water partition coefficient (Wildman–Crippen LogP) is 1.82. The summed E-state index contributed by atoms with van der Waals surface area (Å²) < 4.78 is 6.00. The SMILES string of the molecule is c1ccc2c(c1)CC(CNC1CCN3CCCC13)O2. The third-order valence-corrected chi connectivity index (χ3v) is 4.93. The van der Waals surface area contributed by atoms with Crippen molar-refractivity contribution in [3.05, 3.63) is 29.8 Å². The van der Waals surface area contributed by atoms with E-state index in [1.54, 1.807) is 0 Å². The Morgan fingerprint density at radius 1 is 1.21 bits per heavy atom. The van der Waals surface area contributed by atoms with Crippen molar-refractivity contribution < 1.29 is 4.74 Å². The molecule has 0 aliphatic carbocycles. The lowest BCUT2D eigenvalue weighted by atomic mass is 10.1. The minimum Gasteiger partial charge on any atom is -0.488 e. The molecule has 0 radical (unpaired) electrons. The fraction of sp³-hybridized carbons (Fsp3) is 0.625. The lowest BCUT2D eigenvalue weighted by Crippen LogP contribution is -2.43. The molecule has 0 saturated carbocycles. The lowest BCUT2D eigenvalue weighted by molar-refractivity contribution is 0.214. The number of nitrogens with one attached hydrogen (secondary N) is 1. The highest BCUT2D eigenvalue weighted by Crippen LogP contribution is 2.30. The molecule has 0 bridgehead atoms. The average molecular weight is 258 g/mol. The van der Waals surface area contributed by atoms with Crippen LogP contribution in [0.15, 0.2) is 24.3 Å². The molecule has 3 aliphatic rings. The monoisotopic (exact) mass is 258 g/mol. The van der Waals surface area contributed by atoms with E-state index in [1.165, 1.54) is 37.9 Å². The van der Waals surface area contributed by atoms with E-state index in [2.05, 4.69) is 34.5 Å². The highest BCUT2D eigenvalue weighted by molar-refractivity contribution is 5.37. The second-order valence-corrected chi connectivity index (χ2v) is 6.10. The maximum absolute atomic E-state index is 6.00. The van der Waals surface area contributed by atoms with Crippen molar-refractivity contribution in [2.45, 2.75) is 43.9 Å². The molecular weight excluding hydrogens is 236 g/mol. The number of fused-ring (bicyclic) bond motifs is 2. The van der Waals surface area contributed by atoms with Gasteiger partial charge in [0, 0.05) is 31.6 Å². The van der Waals surface area contributed by atoms with Gasteiger partial charge in [0.1, 0.15) is 11.9 Å². The van der Waals surface area contributed by atoms with Gasteiger partial charge in [0.25, 0.3) is 0 Å². The minimum atomic E-state index is 0.327. The van der Waals surface area contributed by atoms with Crippen molar-refractivity contribution in [3.63, 3.8) is 0 Å². The Balaban J connectivity index is 1.32. The quantitative estimate of drug-likeness (QED) is 0.895. The van der Waals surface area contributed by atoms with Crippen molar-refractivity contribution in [1.29, 1.82) is 0 Å². The molecule has 2 saturated heterocycles. The smallest absolute Gasteiger partial charge is 0.123 e. The summed E-state index contributed by atoms with van der Waals surface area (Å²) in [5, 5.41) is 3.76. The zero-order valence-corrected chi connectivity index (χ0v) is 11.3. The standard InChI is InChI=1S/C16H22N2O/c1-2-6-16-12(4-1)10-13(19-16)11-17-14-7-9-18-8-3-5-15(14)18/h1-2,4,6,13-15,17H,3,5,7-11H2. The van der Waals surface area contributed by atoms with E-state index < -0.39 is 0 Å². The number of hydrogen-bond acceptors (Lipinski definition) is 3. The van der Waals surface area contributed by atoms with Gasteiger partial charge < -0.3 is 10.1 Å². The summed E-state index contributed by atoms with van der Waals surface area (Å²) >= 11 is 0. The van der Waals surface area contributed by atoms with Crippen molar-refractivity contribution in [2.75, 3.05) is 19.6 Å². The molecule has 3 unspecified atom stereocenters. The zero-order chi connectivity index (χ0) is 12.7. The summed E-state index contributed by atoms with van der Waals surface area (Å²) in [4.78, 5) is 2.65. The van der Waals surface area contributed by atoms with Crippen LogP contribution in [0.2, 0.25) is 0 Å². The van der Waals surface area contributed by atoms with Gasteiger partial charge >= 0.3 is 0 Å². The number of hydrogen-bond donors (Lipinski definition) is 1. The van der Waals surface area contributed by atoms with E-state index in [0.29, 0.717) is 12.1 Å². The fourth-order valence-corrected chi connectivity index (χ4v) is 3.97. The molecule has 3 heteroatoms. The van der Waals surface area contributed by atoms with Gasteiger partial charge in [-0.3, -0.25) is 4.90 Å². The van der Waals surface area contributed by atoms with Gasteiger partial charge in [0.05, 0.1) is 0 Å². The van der Waals surface area contributed by atoms with Gasteiger partial charge in [0.15, 0.2) is 0 Å². The van der Waals surface area contributed by atoms with Crippen LogP contribution in [0.1, 0.15) is 24.8 Å². The number of para-hydroxylation sites is 1. The molecule has 102 valence electrons. The van der Waals surface area contributed by atoms with Crippen LogP contribution in [0.25, 0.3) is 0 Å². The number of rotatable bonds is 3. The first-order chi connectivity index (χ1) is 9.40. The molecule has 4 rings (SSSR count). The molecule has 0 spiro atoms. The second-order valence-electron chi connectivity index (χ2n) is 6.10. The normalized spacial score (nSPS) is 33.2. The molecule has 3 aliphatic heterocycles. The summed E-state index contributed by atoms with van der Waals surface area (Å²) in [6, 6.07) is 9.92. The third-order valence-electron chi connectivity index (χ3n) is 4.93. The van der Waals surface area contributed by atoms with Crippen LogP contribution in [-0.4, -0.2) is 42.7 Å². The summed E-state index contributed by atoms with van der Waals surface area (Å²) in [6.07, 6.45) is 5.46. The van der Waals surface area contributed by atoms with E-state index in [4.69, 9.17) is 4.74 Å². The Morgan fingerprint density at radius 3 is 3.11 bits per heavy atom. The Kier molecular flexibility index (Phi) is 2.97. The molecule has 1 aromatic carbocycles. The molecule has 3 atom stereocenters. The zero-order valence-electron chi connectivity index (χ0n) is 11.3. The van der Waals surface area contributed by atoms with Crippen LogP contribution in [0, 0.1) is 0 Å². The molecule has 1 N–H and O–H groups in total. The number of nitrogens with zero attached hydrogens (tertiary/aromatic N) is 1. The Labute approximate surface area is 114 Å². The first-order valence-electron chi connectivity index (χ1n) is 7.62. The maximum Gasteiger partial charge on any atom is 0.123 e. The number of benzene rings is 1. The van der Waals surface area contributed by atoms with Gasteiger partial charge in [-0.05, 0) is 37.4 Å². The first-order valence-corrected chi connectivity index (χ1v) is 7.62. The van der Waals surface area contributed by atoms with Crippen LogP contribution in [0.5, 0.6) is 5.75 Å². The van der Waals surface area contributed by atoms with E-state index in [0.717, 1.165) is 24.8 Å². The van der Waals surface area contributed by atoms with Crippen molar-refractivity contribution in [1.82, 2.24) is 10.2 Å². The van der Waals surface area contributed by atoms with E-state index in [1.807, 2.05) is 0 Å². The average Bonchev–Trinajstić information content (AvgIpc) is 3.11. The van der Waals surface area contributed by atoms with Gasteiger partial charge in [0.2, 0.25) is 0 Å². The minimum absolute atomic E-state index is 0.327. The highest BCUT2D eigenvalue weighted by atomic mass is 16.5. The van der Waals surface area contributed by atoms with Crippen LogP contribution in [0.3, 0.4) is 0 Å². The Bertz CT molecular complexity index is 437. The fourth-order valence-electron chi connectivity index (χ4n) is 3.97. The molecular formula is C16H22N2O. The van der Waals surface area contributed by atoms with Crippen LogP contribution in [-0.2, 0) is 6.42 Å². The van der Waals surface area contributed by atoms with Gasteiger partial charge in [-0.1, -0.05) is 18.2 Å². The summed E-state index contributed by atoms with van der Waals surface area (Å²) in [5.41, 5.74) is 1.36. The van der Waals surface area contributed by atoms with Crippen molar-refractivity contribution >= 4 is 0 Å². The third kappa shape index (κ3) is 2.15. The molecule has 3 heterocycles. The largest absolute Gasteiger partial charge is 0.488 e. The van der Waals surface area contributed by atoms with E-state index in [-0.39, 0.29) is 0 Å². The van der Waals surface area contributed by atoms with E-state index >= 15 is 0 Å². The summed E-state index contributed by atoms with van der Waals surface area (Å²) in [6.45, 7) is 3.59. The van der Waals surface area contributed by atoms with E-state index in [9.17, 15) is 0 Å². The Morgan fingerprint density at radius 2 is 2.16 bits per heavy atom. The highest BCUT2D eigenvalue weighted by Gasteiger charge is 2.37. The molecule has 19 heavy (non-hydrogen) atoms. The lowest BCUT2D eigenvalue weighted by Gasteiger charge is -2.22. The van der Waals surface area contributed by atoms with Crippen LogP contribution in [0.4, 0.5) is 0 Å². The van der Waals surface area contributed by atoms with Gasteiger partial charge in [-0.2, -0.15) is 0 Å². The second kappa shape index (κ2) is 4.80. The predicted molar refractivity (Wildman–Crippen MR) is 75.6 cm³/mol. The van der Waals surface area contributed by atoms with Crippen molar-refractivity contribution in [3.8, 4) is 5.75 Å². The molecule has 0 aromatic heterocycles. The van der Waals surface area contributed by atoms with Crippen LogP contribution >= 0.6 is 0 Å². The van der Waals surface area contributed by atoms with Crippen molar-refractivity contribution in [2.24, 2.45) is 0 Å². The number of ether oxygens (including phenoxy) is 1. The molecule has 0 amide bonds. The molecule has 1 aromatic rings. The molecule has 2 fully saturated rings. The topological polar surface area (TPSA) is 24.5 Å². The first kappa shape index (κ1) is 11.7. The maximum atomic E-state index is 6.00. The van der Waals surface area contributed by atoms with Gasteiger partial charge in [-0.15, -0.1) is 0 Å².